The monoisotopic (exact) mass is 349 g/mol. The number of rotatable bonds is 3. The number of aryl methyl sites for hydroxylation is 1. The van der Waals surface area contributed by atoms with E-state index in [0.717, 1.165) is 56.9 Å². The quantitative estimate of drug-likeness (QED) is 0.835. The van der Waals surface area contributed by atoms with Crippen LogP contribution in [-0.4, -0.2) is 73.3 Å². The summed E-state index contributed by atoms with van der Waals surface area (Å²) < 4.78 is 0. The van der Waals surface area contributed by atoms with Crippen molar-refractivity contribution in [3.63, 3.8) is 0 Å². The molecule has 0 unspecified atom stereocenters. The number of carbonyl (C=O) groups excluding carboxylic acids is 2. The molecule has 0 aromatic carbocycles. The van der Waals surface area contributed by atoms with E-state index in [1.807, 2.05) is 11.0 Å². The van der Waals surface area contributed by atoms with E-state index in [9.17, 15) is 9.59 Å². The van der Waals surface area contributed by atoms with E-state index in [2.05, 4.69) is 11.8 Å². The summed E-state index contributed by atoms with van der Waals surface area (Å²) in [7, 11) is 3.56. The van der Waals surface area contributed by atoms with Crippen molar-refractivity contribution in [3.05, 3.63) is 21.4 Å². The van der Waals surface area contributed by atoms with Crippen molar-refractivity contribution in [1.82, 2.24) is 14.7 Å². The van der Waals surface area contributed by atoms with E-state index in [4.69, 9.17) is 0 Å². The summed E-state index contributed by atoms with van der Waals surface area (Å²) in [6.45, 7) is 6.91. The van der Waals surface area contributed by atoms with Gasteiger partial charge in [0.2, 0.25) is 5.91 Å². The number of piperazine rings is 1. The highest BCUT2D eigenvalue weighted by molar-refractivity contribution is 7.14. The largest absolute Gasteiger partial charge is 0.344 e. The molecular formula is C18H27N3O2S. The molecule has 132 valence electrons. The Kier molecular flexibility index (Phi) is 5.25. The van der Waals surface area contributed by atoms with Crippen LogP contribution < -0.4 is 0 Å². The van der Waals surface area contributed by atoms with Crippen LogP contribution in [0, 0.1) is 5.92 Å². The van der Waals surface area contributed by atoms with Crippen LogP contribution in [0.3, 0.4) is 0 Å². The van der Waals surface area contributed by atoms with Crippen LogP contribution >= 0.6 is 11.3 Å². The predicted octanol–water partition coefficient (Wildman–Crippen LogP) is 1.72. The third-order valence-electron chi connectivity index (χ3n) is 5.18. The van der Waals surface area contributed by atoms with Gasteiger partial charge in [-0.1, -0.05) is 6.92 Å². The first-order valence-corrected chi connectivity index (χ1v) is 9.65. The molecule has 3 rings (SSSR count). The standard InChI is InChI=1S/C18H27N3O2S/c1-4-20-7-9-21(10-8-20)17(22)13-5-6-15-14(11-13)12-16(24-15)18(23)19(2)3/h12-13H,4-11H2,1-3H3/t13-/m1/s1. The number of thiophene rings is 1. The van der Waals surface area contributed by atoms with Gasteiger partial charge in [-0.25, -0.2) is 0 Å². The minimum Gasteiger partial charge on any atom is -0.344 e. The molecule has 1 aromatic heterocycles. The van der Waals surface area contributed by atoms with E-state index < -0.39 is 0 Å². The summed E-state index contributed by atoms with van der Waals surface area (Å²) >= 11 is 1.60. The third kappa shape index (κ3) is 3.49. The lowest BCUT2D eigenvalue weighted by Gasteiger charge is -2.36. The van der Waals surface area contributed by atoms with Crippen LogP contribution in [0.2, 0.25) is 0 Å². The topological polar surface area (TPSA) is 43.9 Å². The van der Waals surface area contributed by atoms with Gasteiger partial charge in [0.15, 0.2) is 0 Å². The molecule has 0 N–H and O–H groups in total. The van der Waals surface area contributed by atoms with E-state index in [1.54, 1.807) is 30.3 Å². The molecule has 0 bridgehead atoms. The van der Waals surface area contributed by atoms with Crippen molar-refractivity contribution in [1.29, 1.82) is 0 Å². The fraction of sp³-hybridized carbons (Fsp3) is 0.667. The van der Waals surface area contributed by atoms with Crippen molar-refractivity contribution >= 4 is 23.2 Å². The highest BCUT2D eigenvalue weighted by Gasteiger charge is 2.31. The Morgan fingerprint density at radius 3 is 2.58 bits per heavy atom. The second-order valence-corrected chi connectivity index (χ2v) is 8.09. The minimum atomic E-state index is 0.0629. The molecule has 2 heterocycles. The first-order valence-electron chi connectivity index (χ1n) is 8.84. The van der Waals surface area contributed by atoms with Crippen LogP contribution in [0.25, 0.3) is 0 Å². The Morgan fingerprint density at radius 1 is 1.25 bits per heavy atom. The second kappa shape index (κ2) is 7.23. The molecule has 1 aliphatic heterocycles. The average molecular weight is 350 g/mol. The summed E-state index contributed by atoms with van der Waals surface area (Å²) in [6, 6.07) is 2.01. The molecule has 24 heavy (non-hydrogen) atoms. The fourth-order valence-corrected chi connectivity index (χ4v) is 4.83. The predicted molar refractivity (Wildman–Crippen MR) is 96.5 cm³/mol. The van der Waals surface area contributed by atoms with E-state index in [0.29, 0.717) is 5.91 Å². The molecule has 1 aliphatic carbocycles. The van der Waals surface area contributed by atoms with Crippen LogP contribution in [0.4, 0.5) is 0 Å². The molecule has 1 fully saturated rings. The maximum atomic E-state index is 12.8. The van der Waals surface area contributed by atoms with E-state index in [-0.39, 0.29) is 11.8 Å². The number of amides is 2. The Hall–Kier alpha value is -1.40. The zero-order valence-corrected chi connectivity index (χ0v) is 15.7. The summed E-state index contributed by atoms with van der Waals surface area (Å²) in [4.78, 5) is 33.1. The SMILES string of the molecule is CCN1CCN(C(=O)[C@@H]2CCc3sc(C(=O)N(C)C)cc3C2)CC1. The highest BCUT2D eigenvalue weighted by Crippen LogP contribution is 2.33. The maximum absolute atomic E-state index is 12.8. The van der Waals surface area contributed by atoms with Crippen LogP contribution in [0.1, 0.15) is 33.5 Å². The number of carbonyl (C=O) groups is 2. The zero-order valence-electron chi connectivity index (χ0n) is 14.9. The molecule has 2 aliphatic rings. The van der Waals surface area contributed by atoms with Gasteiger partial charge in [-0.15, -0.1) is 11.3 Å². The zero-order chi connectivity index (χ0) is 17.3. The lowest BCUT2D eigenvalue weighted by molar-refractivity contribution is -0.137. The Morgan fingerprint density at radius 2 is 1.96 bits per heavy atom. The third-order valence-corrected chi connectivity index (χ3v) is 6.41. The number of hydrogen-bond donors (Lipinski definition) is 0. The highest BCUT2D eigenvalue weighted by atomic mass is 32.1. The first kappa shape index (κ1) is 17.4. The van der Waals surface area contributed by atoms with Gasteiger partial charge in [-0.2, -0.15) is 0 Å². The minimum absolute atomic E-state index is 0.0629. The van der Waals surface area contributed by atoms with Gasteiger partial charge in [0.05, 0.1) is 4.88 Å². The van der Waals surface area contributed by atoms with Crippen LogP contribution in [0.5, 0.6) is 0 Å². The molecule has 6 heteroatoms. The van der Waals surface area contributed by atoms with Gasteiger partial charge >= 0.3 is 0 Å². The molecule has 1 saturated heterocycles. The number of nitrogens with zero attached hydrogens (tertiary/aromatic N) is 3. The van der Waals surface area contributed by atoms with Gasteiger partial charge < -0.3 is 14.7 Å². The van der Waals surface area contributed by atoms with Gasteiger partial charge in [0.25, 0.3) is 5.91 Å². The van der Waals surface area contributed by atoms with Crippen molar-refractivity contribution in [3.8, 4) is 0 Å². The van der Waals surface area contributed by atoms with Gasteiger partial charge in [0.1, 0.15) is 0 Å². The Labute approximate surface area is 148 Å². The Balaban J connectivity index is 1.64. The van der Waals surface area contributed by atoms with Gasteiger partial charge in [-0.3, -0.25) is 9.59 Å². The first-order chi connectivity index (χ1) is 11.5. The molecule has 1 atom stereocenters. The number of hydrogen-bond acceptors (Lipinski definition) is 4. The molecule has 2 amide bonds. The fourth-order valence-electron chi connectivity index (χ4n) is 3.60. The van der Waals surface area contributed by atoms with Crippen molar-refractivity contribution in [2.24, 2.45) is 5.92 Å². The van der Waals surface area contributed by atoms with Crippen LogP contribution in [-0.2, 0) is 17.6 Å². The molecule has 0 saturated carbocycles. The molecule has 0 spiro atoms. The Bertz CT molecular complexity index is 618. The lowest BCUT2D eigenvalue weighted by atomic mass is 9.87. The van der Waals surface area contributed by atoms with Crippen molar-refractivity contribution < 1.29 is 9.59 Å². The average Bonchev–Trinajstić information content (AvgIpc) is 3.03. The van der Waals surface area contributed by atoms with Crippen LogP contribution in [0.15, 0.2) is 6.07 Å². The molecule has 0 radical (unpaired) electrons. The van der Waals surface area contributed by atoms with Gasteiger partial charge in [0, 0.05) is 51.1 Å². The molecular weight excluding hydrogens is 322 g/mol. The second-order valence-electron chi connectivity index (χ2n) is 6.96. The summed E-state index contributed by atoms with van der Waals surface area (Å²) in [5, 5.41) is 0. The summed E-state index contributed by atoms with van der Waals surface area (Å²) in [5.74, 6) is 0.457. The van der Waals surface area contributed by atoms with E-state index in [1.165, 1.54) is 10.4 Å². The maximum Gasteiger partial charge on any atom is 0.263 e. The van der Waals surface area contributed by atoms with E-state index >= 15 is 0 Å². The van der Waals surface area contributed by atoms with Crippen molar-refractivity contribution in [2.75, 3.05) is 46.8 Å². The normalized spacial score (nSPS) is 21.5. The van der Waals surface area contributed by atoms with Gasteiger partial charge in [-0.05, 0) is 37.4 Å². The summed E-state index contributed by atoms with van der Waals surface area (Å²) in [6.07, 6.45) is 2.63. The summed E-state index contributed by atoms with van der Waals surface area (Å²) in [5.41, 5.74) is 1.21. The molecule has 5 nitrogen and oxygen atoms in total. The smallest absolute Gasteiger partial charge is 0.263 e. The number of likely N-dealkylation sites (N-methyl/N-ethyl adjacent to an activating group) is 1. The molecule has 1 aromatic rings. The van der Waals surface area contributed by atoms with Crippen molar-refractivity contribution in [2.45, 2.75) is 26.2 Å². The lowest BCUT2D eigenvalue weighted by Crippen LogP contribution is -2.50. The number of fused-ring (bicyclic) bond motifs is 1.